The summed E-state index contributed by atoms with van der Waals surface area (Å²) in [5.41, 5.74) is 2.64. The summed E-state index contributed by atoms with van der Waals surface area (Å²) < 4.78 is 11.5. The maximum absolute atomic E-state index is 12.4. The van der Waals surface area contributed by atoms with Crippen molar-refractivity contribution in [2.24, 2.45) is 17.3 Å². The second-order valence-electron chi connectivity index (χ2n) is 5.64. The predicted molar refractivity (Wildman–Crippen MR) is 76.3 cm³/mol. The third kappa shape index (κ3) is 1.51. The van der Waals surface area contributed by atoms with Gasteiger partial charge < -0.3 is 9.47 Å². The number of hydrogen-bond acceptors (Lipinski definition) is 3. The summed E-state index contributed by atoms with van der Waals surface area (Å²) in [6.07, 6.45) is 2.89. The highest BCUT2D eigenvalue weighted by Crippen LogP contribution is 2.68. The van der Waals surface area contributed by atoms with Crippen LogP contribution in [0.3, 0.4) is 0 Å². The zero-order chi connectivity index (χ0) is 13.1. The van der Waals surface area contributed by atoms with Crippen LogP contribution in [0, 0.1) is 17.3 Å². The molecule has 0 amide bonds. The summed E-state index contributed by atoms with van der Waals surface area (Å²) in [5, 5.41) is 0. The summed E-state index contributed by atoms with van der Waals surface area (Å²) >= 11 is 2.12. The lowest BCUT2D eigenvalue weighted by molar-refractivity contribution is -0.148. The largest absolute Gasteiger partial charge is 0.359 e. The number of ketones is 1. The van der Waals surface area contributed by atoms with Crippen molar-refractivity contribution in [1.29, 1.82) is 0 Å². The highest BCUT2D eigenvalue weighted by Gasteiger charge is 2.64. The number of hydrogen-bond donors (Lipinski definition) is 0. The molecule has 0 aromatic rings. The van der Waals surface area contributed by atoms with Crippen molar-refractivity contribution in [3.63, 3.8) is 0 Å². The molecule has 0 radical (unpaired) electrons. The smallest absolute Gasteiger partial charge is 0.198 e. The Balaban J connectivity index is 2.04. The number of carbonyl (C=O) groups is 1. The standard InChI is InChI=1S/C14H17IO3/c1-7-8-4-10(8)14(2)9(7)5-11(15)12(16)13(14)18-6-17-3/h5,8,10,13H,4,6H2,1-3H3/t8-,10-,13+,14-/m1/s1. The van der Waals surface area contributed by atoms with Gasteiger partial charge in [0.1, 0.15) is 12.9 Å². The molecule has 0 unspecified atom stereocenters. The first kappa shape index (κ1) is 12.8. The minimum atomic E-state index is -0.378. The number of ether oxygens (including phenoxy) is 2. The minimum absolute atomic E-state index is 0.110. The topological polar surface area (TPSA) is 35.5 Å². The Morgan fingerprint density at radius 3 is 2.94 bits per heavy atom. The Labute approximate surface area is 121 Å². The van der Waals surface area contributed by atoms with E-state index in [0.717, 1.165) is 3.58 Å². The second-order valence-corrected chi connectivity index (χ2v) is 6.80. The van der Waals surface area contributed by atoms with Gasteiger partial charge in [-0.1, -0.05) is 12.5 Å². The molecule has 0 N–H and O–H groups in total. The van der Waals surface area contributed by atoms with E-state index >= 15 is 0 Å². The van der Waals surface area contributed by atoms with Gasteiger partial charge in [0.15, 0.2) is 5.78 Å². The van der Waals surface area contributed by atoms with Gasteiger partial charge in [0.05, 0.1) is 3.58 Å². The number of rotatable bonds is 3. The average molecular weight is 360 g/mol. The first-order valence-corrected chi connectivity index (χ1v) is 7.33. The van der Waals surface area contributed by atoms with E-state index in [4.69, 9.17) is 9.47 Å². The van der Waals surface area contributed by atoms with Gasteiger partial charge >= 0.3 is 0 Å². The van der Waals surface area contributed by atoms with Crippen molar-refractivity contribution in [2.45, 2.75) is 26.4 Å². The number of halogens is 1. The molecule has 0 bridgehead atoms. The van der Waals surface area contributed by atoms with Crippen molar-refractivity contribution < 1.29 is 14.3 Å². The average Bonchev–Trinajstić information content (AvgIpc) is 3.09. The highest BCUT2D eigenvalue weighted by atomic mass is 127. The Morgan fingerprint density at radius 1 is 1.56 bits per heavy atom. The van der Waals surface area contributed by atoms with Crippen LogP contribution in [0.4, 0.5) is 0 Å². The van der Waals surface area contributed by atoms with Gasteiger partial charge in [-0.25, -0.2) is 0 Å². The number of carbonyl (C=O) groups excluding carboxylic acids is 1. The lowest BCUT2D eigenvalue weighted by Gasteiger charge is -2.39. The van der Waals surface area contributed by atoms with Gasteiger partial charge in [-0.3, -0.25) is 4.79 Å². The Morgan fingerprint density at radius 2 is 2.28 bits per heavy atom. The van der Waals surface area contributed by atoms with Crippen molar-refractivity contribution in [2.75, 3.05) is 13.9 Å². The van der Waals surface area contributed by atoms with Crippen LogP contribution in [0.1, 0.15) is 20.3 Å². The fraction of sp³-hybridized carbons (Fsp3) is 0.643. The molecule has 1 saturated carbocycles. The van der Waals surface area contributed by atoms with Gasteiger partial charge in [-0.2, -0.15) is 0 Å². The van der Waals surface area contributed by atoms with Crippen LogP contribution in [-0.2, 0) is 14.3 Å². The van der Waals surface area contributed by atoms with Crippen molar-refractivity contribution in [3.05, 3.63) is 20.8 Å². The van der Waals surface area contributed by atoms with Gasteiger partial charge in [0, 0.05) is 12.5 Å². The molecule has 4 heteroatoms. The van der Waals surface area contributed by atoms with Gasteiger partial charge in [-0.15, -0.1) is 0 Å². The molecule has 0 aromatic heterocycles. The van der Waals surface area contributed by atoms with E-state index in [2.05, 4.69) is 42.5 Å². The molecule has 98 valence electrons. The quantitative estimate of drug-likeness (QED) is 0.574. The fourth-order valence-electron chi connectivity index (χ4n) is 3.75. The lowest BCUT2D eigenvalue weighted by atomic mass is 9.70. The van der Waals surface area contributed by atoms with Gasteiger partial charge in [-0.05, 0) is 59.4 Å². The van der Waals surface area contributed by atoms with Gasteiger partial charge in [0.25, 0.3) is 0 Å². The molecule has 4 atom stereocenters. The summed E-state index contributed by atoms with van der Waals surface area (Å²) in [7, 11) is 1.59. The van der Waals surface area contributed by atoms with E-state index in [1.807, 2.05) is 0 Å². The number of allylic oxidation sites excluding steroid dienone is 2. The SMILES string of the molecule is COCO[C@H]1C(=O)C(I)=CC2=C(C)[C@H]3C[C@H]3[C@@]21C. The Bertz CT molecular complexity index is 479. The van der Waals surface area contributed by atoms with Crippen molar-refractivity contribution in [3.8, 4) is 0 Å². The second kappa shape index (κ2) is 4.15. The van der Waals surface area contributed by atoms with Crippen LogP contribution >= 0.6 is 22.6 Å². The molecule has 0 saturated heterocycles. The Kier molecular flexibility index (Phi) is 2.95. The third-order valence-electron chi connectivity index (χ3n) is 4.76. The molecule has 3 aliphatic rings. The maximum Gasteiger partial charge on any atom is 0.198 e. The normalized spacial score (nSPS) is 41.7. The van der Waals surface area contributed by atoms with Crippen molar-refractivity contribution in [1.82, 2.24) is 0 Å². The molecule has 3 aliphatic carbocycles. The molecule has 3 rings (SSSR count). The lowest BCUT2D eigenvalue weighted by Crippen LogP contribution is -2.45. The Hall–Kier alpha value is -0.200. The molecule has 0 aromatic carbocycles. The van der Waals surface area contributed by atoms with Crippen LogP contribution in [0.5, 0.6) is 0 Å². The molecule has 0 heterocycles. The molecular formula is C14H17IO3. The monoisotopic (exact) mass is 360 g/mol. The van der Waals surface area contributed by atoms with Crippen LogP contribution in [0.2, 0.25) is 0 Å². The summed E-state index contributed by atoms with van der Waals surface area (Å²) in [6.45, 7) is 4.57. The summed E-state index contributed by atoms with van der Waals surface area (Å²) in [5.74, 6) is 1.36. The fourth-order valence-corrected chi connectivity index (χ4v) is 4.34. The highest BCUT2D eigenvalue weighted by molar-refractivity contribution is 14.1. The molecule has 18 heavy (non-hydrogen) atoms. The number of fused-ring (bicyclic) bond motifs is 3. The van der Waals surface area contributed by atoms with Crippen LogP contribution in [0.25, 0.3) is 0 Å². The van der Waals surface area contributed by atoms with Crippen molar-refractivity contribution >= 4 is 28.4 Å². The number of methoxy groups -OCH3 is 1. The summed E-state index contributed by atoms with van der Waals surface area (Å²) in [6, 6.07) is 0. The molecular weight excluding hydrogens is 343 g/mol. The van der Waals surface area contributed by atoms with Gasteiger partial charge in [0.2, 0.25) is 0 Å². The summed E-state index contributed by atoms with van der Waals surface area (Å²) in [4.78, 5) is 12.4. The van der Waals surface area contributed by atoms with E-state index in [9.17, 15) is 4.79 Å². The van der Waals surface area contributed by atoms with E-state index in [1.54, 1.807) is 7.11 Å². The van der Waals surface area contributed by atoms with Crippen LogP contribution in [0.15, 0.2) is 20.8 Å². The van der Waals surface area contributed by atoms with Crippen LogP contribution < -0.4 is 0 Å². The van der Waals surface area contributed by atoms with E-state index < -0.39 is 0 Å². The molecule has 3 nitrogen and oxygen atoms in total. The molecule has 0 aliphatic heterocycles. The predicted octanol–water partition coefficient (Wildman–Crippen LogP) is 2.85. The number of Topliss-reactive ketones (excluding diaryl/α,β-unsaturated/α-hetero) is 1. The van der Waals surface area contributed by atoms with E-state index in [0.29, 0.717) is 11.8 Å². The van der Waals surface area contributed by atoms with E-state index in [1.165, 1.54) is 17.6 Å². The van der Waals surface area contributed by atoms with E-state index in [-0.39, 0.29) is 24.1 Å². The first-order chi connectivity index (χ1) is 8.51. The maximum atomic E-state index is 12.4. The minimum Gasteiger partial charge on any atom is -0.359 e. The zero-order valence-electron chi connectivity index (χ0n) is 10.8. The third-order valence-corrected chi connectivity index (χ3v) is 5.61. The first-order valence-electron chi connectivity index (χ1n) is 6.25. The zero-order valence-corrected chi connectivity index (χ0v) is 13.0. The molecule has 1 fully saturated rings. The van der Waals surface area contributed by atoms with Crippen LogP contribution in [-0.4, -0.2) is 25.8 Å². The molecule has 0 spiro atoms.